The fraction of sp³-hybridized carbons (Fsp3) is 0.280. The first-order chi connectivity index (χ1) is 15.6. The van der Waals surface area contributed by atoms with Crippen molar-refractivity contribution in [1.29, 1.82) is 0 Å². The Bertz CT molecular complexity index is 1240. The Labute approximate surface area is 185 Å². The SMILES string of the molecule is Cc1ccc(-c2nn(-c3ccccc3)cc2/C=N\N2C(=O)[C@@H]3[C@H](C2=O)[C@H]2C=C[C@H]3CC2)o1. The first-order valence-electron chi connectivity index (χ1n) is 10.9. The highest BCUT2D eigenvalue weighted by atomic mass is 16.3. The van der Waals surface area contributed by atoms with E-state index in [0.29, 0.717) is 17.0 Å². The minimum atomic E-state index is -0.275. The molecule has 0 N–H and O–H groups in total. The molecule has 2 amide bonds. The average Bonchev–Trinajstić information content (AvgIpc) is 3.51. The van der Waals surface area contributed by atoms with Crippen LogP contribution in [0, 0.1) is 30.6 Å². The van der Waals surface area contributed by atoms with Gasteiger partial charge in [-0.3, -0.25) is 9.59 Å². The molecule has 32 heavy (non-hydrogen) atoms. The summed E-state index contributed by atoms with van der Waals surface area (Å²) in [5.41, 5.74) is 2.15. The molecule has 7 heteroatoms. The molecule has 3 heterocycles. The first-order valence-corrected chi connectivity index (χ1v) is 10.9. The predicted molar refractivity (Wildman–Crippen MR) is 118 cm³/mol. The molecule has 0 radical (unpaired) electrons. The van der Waals surface area contributed by atoms with Gasteiger partial charge < -0.3 is 4.42 Å². The van der Waals surface area contributed by atoms with Gasteiger partial charge in [-0.1, -0.05) is 30.4 Å². The van der Waals surface area contributed by atoms with E-state index >= 15 is 0 Å². The largest absolute Gasteiger partial charge is 0.460 e. The summed E-state index contributed by atoms with van der Waals surface area (Å²) in [6, 6.07) is 13.4. The van der Waals surface area contributed by atoms with Gasteiger partial charge in [0.2, 0.25) is 0 Å². The maximum absolute atomic E-state index is 13.1. The summed E-state index contributed by atoms with van der Waals surface area (Å²) in [6.45, 7) is 1.87. The molecule has 3 aromatic rings. The number of rotatable bonds is 4. The molecule has 7 rings (SSSR count). The van der Waals surface area contributed by atoms with E-state index in [-0.39, 0.29) is 35.5 Å². The van der Waals surface area contributed by atoms with E-state index in [1.807, 2.05) is 55.6 Å². The van der Waals surface area contributed by atoms with Crippen LogP contribution >= 0.6 is 0 Å². The Morgan fingerprint density at radius 2 is 1.69 bits per heavy atom. The molecule has 1 aliphatic heterocycles. The van der Waals surface area contributed by atoms with Gasteiger partial charge >= 0.3 is 0 Å². The van der Waals surface area contributed by atoms with E-state index in [9.17, 15) is 9.59 Å². The number of benzene rings is 1. The molecule has 0 unspecified atom stereocenters. The highest BCUT2D eigenvalue weighted by Crippen LogP contribution is 2.49. The van der Waals surface area contributed by atoms with E-state index < -0.39 is 0 Å². The van der Waals surface area contributed by atoms with Gasteiger partial charge in [0.25, 0.3) is 11.8 Å². The monoisotopic (exact) mass is 426 g/mol. The second kappa shape index (κ2) is 7.15. The minimum Gasteiger partial charge on any atom is -0.460 e. The van der Waals surface area contributed by atoms with Crippen LogP contribution < -0.4 is 0 Å². The van der Waals surface area contributed by atoms with Crippen molar-refractivity contribution < 1.29 is 14.0 Å². The van der Waals surface area contributed by atoms with Crippen LogP contribution in [-0.2, 0) is 9.59 Å². The zero-order chi connectivity index (χ0) is 21.8. The van der Waals surface area contributed by atoms with E-state index in [4.69, 9.17) is 4.42 Å². The maximum atomic E-state index is 13.1. The van der Waals surface area contributed by atoms with Gasteiger partial charge in [-0.2, -0.15) is 15.2 Å². The van der Waals surface area contributed by atoms with Crippen LogP contribution in [0.25, 0.3) is 17.1 Å². The van der Waals surface area contributed by atoms with Crippen LogP contribution in [0.3, 0.4) is 0 Å². The van der Waals surface area contributed by atoms with Gasteiger partial charge in [0.05, 0.1) is 23.7 Å². The topological polar surface area (TPSA) is 80.7 Å². The standard InChI is InChI=1S/C25H22N4O3/c1-15-7-12-20(32-15)23-18(14-28(27-23)19-5-3-2-4-6-19)13-26-29-24(30)21-16-8-9-17(11-10-16)22(21)25(29)31/h2-9,12-14,16-17,21-22H,10-11H2,1H3/b26-13-/t16-,17-,21-,22+/m0/s1. The average molecular weight is 426 g/mol. The zero-order valence-corrected chi connectivity index (χ0v) is 17.6. The van der Waals surface area contributed by atoms with Gasteiger partial charge in [0.15, 0.2) is 5.76 Å². The lowest BCUT2D eigenvalue weighted by Crippen LogP contribution is -2.38. The fourth-order valence-corrected chi connectivity index (χ4v) is 5.24. The third-order valence-electron chi connectivity index (χ3n) is 6.79. The lowest BCUT2D eigenvalue weighted by Gasteiger charge is -2.37. The van der Waals surface area contributed by atoms with Crippen molar-refractivity contribution in [1.82, 2.24) is 14.8 Å². The molecule has 2 aromatic heterocycles. The number of amides is 2. The van der Waals surface area contributed by atoms with Crippen LogP contribution in [0.15, 0.2) is 70.3 Å². The summed E-state index contributed by atoms with van der Waals surface area (Å²) in [4.78, 5) is 26.1. The first kappa shape index (κ1) is 19.0. The van der Waals surface area contributed by atoms with Gasteiger partial charge in [-0.15, -0.1) is 0 Å². The molecule has 160 valence electrons. The van der Waals surface area contributed by atoms with Crippen molar-refractivity contribution in [3.63, 3.8) is 0 Å². The van der Waals surface area contributed by atoms with Gasteiger partial charge in [0, 0.05) is 11.8 Å². The number of hydrogen-bond donors (Lipinski definition) is 0. The number of aryl methyl sites for hydroxylation is 1. The van der Waals surface area contributed by atoms with Gasteiger partial charge in [-0.05, 0) is 55.9 Å². The molecule has 1 aromatic carbocycles. The second-order valence-electron chi connectivity index (χ2n) is 8.70. The van der Waals surface area contributed by atoms with Crippen molar-refractivity contribution in [3.8, 4) is 17.1 Å². The number of carbonyl (C=O) groups excluding carboxylic acids is 2. The zero-order valence-electron chi connectivity index (χ0n) is 17.6. The summed E-state index contributed by atoms with van der Waals surface area (Å²) >= 11 is 0. The quantitative estimate of drug-likeness (QED) is 0.359. The Morgan fingerprint density at radius 3 is 2.28 bits per heavy atom. The fourth-order valence-electron chi connectivity index (χ4n) is 5.24. The summed E-state index contributed by atoms with van der Waals surface area (Å²) in [5, 5.41) is 10.1. The number of hydrazone groups is 1. The van der Waals surface area contributed by atoms with E-state index in [1.165, 1.54) is 0 Å². The third-order valence-corrected chi connectivity index (χ3v) is 6.79. The normalized spacial score (nSPS) is 26.5. The van der Waals surface area contributed by atoms with Gasteiger partial charge in [0.1, 0.15) is 11.5 Å². The van der Waals surface area contributed by atoms with E-state index in [2.05, 4.69) is 22.4 Å². The number of para-hydroxylation sites is 1. The minimum absolute atomic E-state index is 0.143. The molecule has 3 aliphatic carbocycles. The summed E-state index contributed by atoms with van der Waals surface area (Å²) in [5.74, 6) is 0.726. The number of fused-ring (bicyclic) bond motifs is 1. The number of furan rings is 1. The number of imide groups is 1. The molecular formula is C25H22N4O3. The van der Waals surface area contributed by atoms with Crippen molar-refractivity contribution in [3.05, 3.63) is 72.1 Å². The van der Waals surface area contributed by atoms with Crippen LogP contribution in [0.4, 0.5) is 0 Å². The molecule has 0 spiro atoms. The van der Waals surface area contributed by atoms with Crippen molar-refractivity contribution in [2.45, 2.75) is 19.8 Å². The van der Waals surface area contributed by atoms with Crippen LogP contribution in [0.5, 0.6) is 0 Å². The molecule has 7 nitrogen and oxygen atoms in total. The Morgan fingerprint density at radius 1 is 1.00 bits per heavy atom. The summed E-state index contributed by atoms with van der Waals surface area (Å²) in [7, 11) is 0. The molecule has 1 saturated heterocycles. The Hall–Kier alpha value is -3.74. The van der Waals surface area contributed by atoms with E-state index in [1.54, 1.807) is 10.9 Å². The molecule has 2 bridgehead atoms. The van der Waals surface area contributed by atoms with Crippen molar-refractivity contribution in [2.75, 3.05) is 0 Å². The van der Waals surface area contributed by atoms with E-state index in [0.717, 1.165) is 29.3 Å². The molecular weight excluding hydrogens is 404 g/mol. The number of allylic oxidation sites excluding steroid dienone is 2. The molecule has 4 aliphatic rings. The summed E-state index contributed by atoms with van der Waals surface area (Å²) < 4.78 is 7.54. The number of nitrogens with zero attached hydrogens (tertiary/aromatic N) is 4. The Balaban J connectivity index is 1.36. The highest BCUT2D eigenvalue weighted by Gasteiger charge is 2.56. The smallest absolute Gasteiger partial charge is 0.254 e. The lowest BCUT2D eigenvalue weighted by molar-refractivity contribution is -0.140. The second-order valence-corrected chi connectivity index (χ2v) is 8.70. The van der Waals surface area contributed by atoms with Gasteiger partial charge in [-0.25, -0.2) is 4.68 Å². The molecule has 4 atom stereocenters. The summed E-state index contributed by atoms with van der Waals surface area (Å²) in [6.07, 6.45) is 9.51. The predicted octanol–water partition coefficient (Wildman–Crippen LogP) is 3.97. The van der Waals surface area contributed by atoms with Crippen molar-refractivity contribution >= 4 is 18.0 Å². The van der Waals surface area contributed by atoms with Crippen LogP contribution in [-0.4, -0.2) is 32.8 Å². The highest BCUT2D eigenvalue weighted by molar-refractivity contribution is 6.06. The van der Waals surface area contributed by atoms with Crippen LogP contribution in [0.2, 0.25) is 0 Å². The number of hydrogen-bond acceptors (Lipinski definition) is 5. The Kier molecular flexibility index (Phi) is 4.24. The van der Waals surface area contributed by atoms with Crippen LogP contribution in [0.1, 0.15) is 24.2 Å². The molecule has 2 fully saturated rings. The van der Waals surface area contributed by atoms with Crippen molar-refractivity contribution in [2.24, 2.45) is 28.8 Å². The molecule has 1 saturated carbocycles. The third kappa shape index (κ3) is 2.88. The maximum Gasteiger partial charge on any atom is 0.254 e. The lowest BCUT2D eigenvalue weighted by atomic mass is 9.63. The number of aromatic nitrogens is 2. The number of carbonyl (C=O) groups is 2.